The summed E-state index contributed by atoms with van der Waals surface area (Å²) in [5, 5.41) is 9.53. The minimum Gasteiger partial charge on any atom is -0.395 e. The molecule has 14 heavy (non-hydrogen) atoms. The number of fused-ring (bicyclic) bond motifs is 1. The topological polar surface area (TPSA) is 62.4 Å². The predicted octanol–water partition coefficient (Wildman–Crippen LogP) is 0.118. The van der Waals surface area contributed by atoms with Crippen molar-refractivity contribution in [3.8, 4) is 0 Å². The van der Waals surface area contributed by atoms with Crippen molar-refractivity contribution in [3.05, 3.63) is 10.6 Å². The summed E-state index contributed by atoms with van der Waals surface area (Å²) in [6, 6.07) is 0. The van der Waals surface area contributed by atoms with Crippen molar-refractivity contribution in [2.45, 2.75) is 12.8 Å². The van der Waals surface area contributed by atoms with Gasteiger partial charge >= 0.3 is 0 Å². The minimum atomic E-state index is 0.239. The van der Waals surface area contributed by atoms with Crippen LogP contribution in [-0.2, 0) is 12.8 Å². The summed E-state index contributed by atoms with van der Waals surface area (Å²) in [6.07, 6.45) is 1.98. The van der Waals surface area contributed by atoms with E-state index in [9.17, 15) is 0 Å². The average Bonchev–Trinajstić information content (AvgIpc) is 2.42. The van der Waals surface area contributed by atoms with Crippen LogP contribution >= 0.6 is 11.3 Å². The number of thiazole rings is 1. The molecule has 0 radical (unpaired) electrons. The van der Waals surface area contributed by atoms with Crippen molar-refractivity contribution in [2.75, 3.05) is 32.0 Å². The number of aliphatic hydroxyl groups is 1. The van der Waals surface area contributed by atoms with Crippen LogP contribution in [-0.4, -0.2) is 41.2 Å². The van der Waals surface area contributed by atoms with E-state index in [0.717, 1.165) is 38.2 Å². The second kappa shape index (κ2) is 4.25. The molecular formula is C9H15N3OS. The normalized spacial score (nSPS) is 17.8. The smallest absolute Gasteiger partial charge is 0.180 e. The maximum absolute atomic E-state index is 8.85. The summed E-state index contributed by atoms with van der Waals surface area (Å²) in [5.41, 5.74) is 6.82. The van der Waals surface area contributed by atoms with Gasteiger partial charge in [0.2, 0.25) is 0 Å². The zero-order chi connectivity index (χ0) is 9.97. The Morgan fingerprint density at radius 1 is 1.43 bits per heavy atom. The van der Waals surface area contributed by atoms with Crippen LogP contribution in [0.2, 0.25) is 0 Å². The van der Waals surface area contributed by atoms with Crippen LogP contribution in [0.4, 0.5) is 5.13 Å². The third-order valence-corrected chi connectivity index (χ3v) is 3.52. The molecule has 0 aliphatic carbocycles. The van der Waals surface area contributed by atoms with Crippen molar-refractivity contribution in [3.63, 3.8) is 0 Å². The van der Waals surface area contributed by atoms with Crippen LogP contribution in [0.1, 0.15) is 10.6 Å². The van der Waals surface area contributed by atoms with E-state index in [0.29, 0.717) is 5.13 Å². The number of rotatable bonds is 2. The Balaban J connectivity index is 2.04. The maximum atomic E-state index is 8.85. The van der Waals surface area contributed by atoms with E-state index in [2.05, 4.69) is 9.88 Å². The van der Waals surface area contributed by atoms with Crippen molar-refractivity contribution in [2.24, 2.45) is 0 Å². The van der Waals surface area contributed by atoms with Crippen LogP contribution in [0.5, 0.6) is 0 Å². The molecule has 4 nitrogen and oxygen atoms in total. The fourth-order valence-electron chi connectivity index (χ4n) is 1.79. The number of aromatic nitrogens is 1. The highest BCUT2D eigenvalue weighted by Crippen LogP contribution is 2.23. The van der Waals surface area contributed by atoms with Gasteiger partial charge in [0.05, 0.1) is 12.3 Å². The van der Waals surface area contributed by atoms with E-state index in [-0.39, 0.29) is 6.61 Å². The number of aliphatic hydroxyl groups excluding tert-OH is 1. The van der Waals surface area contributed by atoms with Gasteiger partial charge in [0, 0.05) is 30.9 Å². The van der Waals surface area contributed by atoms with Gasteiger partial charge in [0.25, 0.3) is 0 Å². The first-order chi connectivity index (χ1) is 6.79. The Kier molecular flexibility index (Phi) is 3.00. The lowest BCUT2D eigenvalue weighted by atomic mass is 10.2. The summed E-state index contributed by atoms with van der Waals surface area (Å²) < 4.78 is 0. The Morgan fingerprint density at radius 3 is 3.00 bits per heavy atom. The van der Waals surface area contributed by atoms with Gasteiger partial charge in [0.15, 0.2) is 5.13 Å². The van der Waals surface area contributed by atoms with Crippen molar-refractivity contribution < 1.29 is 5.11 Å². The molecule has 3 N–H and O–H groups in total. The quantitative estimate of drug-likeness (QED) is 0.732. The van der Waals surface area contributed by atoms with Gasteiger partial charge < -0.3 is 15.7 Å². The molecule has 0 saturated heterocycles. The van der Waals surface area contributed by atoms with Gasteiger partial charge in [-0.3, -0.25) is 0 Å². The van der Waals surface area contributed by atoms with Gasteiger partial charge in [-0.25, -0.2) is 4.98 Å². The zero-order valence-corrected chi connectivity index (χ0v) is 8.89. The van der Waals surface area contributed by atoms with E-state index in [1.165, 1.54) is 4.88 Å². The summed E-state index contributed by atoms with van der Waals surface area (Å²) in [4.78, 5) is 7.90. The van der Waals surface area contributed by atoms with Crippen LogP contribution in [0, 0.1) is 0 Å². The van der Waals surface area contributed by atoms with Gasteiger partial charge in [-0.1, -0.05) is 0 Å². The first-order valence-corrected chi connectivity index (χ1v) is 5.68. The third-order valence-electron chi connectivity index (χ3n) is 2.53. The van der Waals surface area contributed by atoms with E-state index < -0.39 is 0 Å². The summed E-state index contributed by atoms with van der Waals surface area (Å²) in [6.45, 7) is 3.00. The van der Waals surface area contributed by atoms with Crippen molar-refractivity contribution in [1.82, 2.24) is 9.88 Å². The number of β-amino-alcohol motifs (C(OH)–C–C–N with tert-alkyl or cyclic N) is 1. The molecule has 1 aromatic heterocycles. The molecule has 78 valence electrons. The SMILES string of the molecule is Nc1nc2c(s1)CCN(CCO)CC2. The largest absolute Gasteiger partial charge is 0.395 e. The van der Waals surface area contributed by atoms with Crippen LogP contribution in [0.25, 0.3) is 0 Å². The molecule has 0 amide bonds. The molecule has 2 rings (SSSR count). The van der Waals surface area contributed by atoms with Crippen LogP contribution < -0.4 is 5.73 Å². The number of anilines is 1. The molecular weight excluding hydrogens is 198 g/mol. The molecule has 0 aromatic carbocycles. The molecule has 0 bridgehead atoms. The molecule has 2 heterocycles. The Labute approximate surface area is 87.4 Å². The lowest BCUT2D eigenvalue weighted by Crippen LogP contribution is -2.29. The lowest BCUT2D eigenvalue weighted by Gasteiger charge is -2.17. The third kappa shape index (κ3) is 2.05. The zero-order valence-electron chi connectivity index (χ0n) is 8.07. The first kappa shape index (κ1) is 9.89. The van der Waals surface area contributed by atoms with Gasteiger partial charge in [-0.05, 0) is 6.42 Å². The van der Waals surface area contributed by atoms with Gasteiger partial charge in [0.1, 0.15) is 0 Å². The highest BCUT2D eigenvalue weighted by molar-refractivity contribution is 7.15. The second-order valence-corrected chi connectivity index (χ2v) is 4.60. The number of nitrogens with two attached hydrogens (primary N) is 1. The van der Waals surface area contributed by atoms with Gasteiger partial charge in [-0.15, -0.1) is 11.3 Å². The number of nitrogens with zero attached hydrogens (tertiary/aromatic N) is 2. The molecule has 1 aliphatic heterocycles. The predicted molar refractivity (Wildman–Crippen MR) is 57.5 cm³/mol. The average molecular weight is 213 g/mol. The fraction of sp³-hybridized carbons (Fsp3) is 0.667. The molecule has 0 atom stereocenters. The molecule has 5 heteroatoms. The standard InChI is InChI=1S/C9H15N3OS/c10-9-11-7-1-3-12(5-6-13)4-2-8(7)14-9/h13H,1-6H2,(H2,10,11). The molecule has 0 saturated carbocycles. The van der Waals surface area contributed by atoms with E-state index in [1.54, 1.807) is 11.3 Å². The van der Waals surface area contributed by atoms with Crippen LogP contribution in [0.15, 0.2) is 0 Å². The fourth-order valence-corrected chi connectivity index (χ4v) is 2.66. The minimum absolute atomic E-state index is 0.239. The van der Waals surface area contributed by atoms with E-state index in [4.69, 9.17) is 10.8 Å². The Morgan fingerprint density at radius 2 is 2.21 bits per heavy atom. The monoisotopic (exact) mass is 213 g/mol. The maximum Gasteiger partial charge on any atom is 0.180 e. The molecule has 0 spiro atoms. The first-order valence-electron chi connectivity index (χ1n) is 4.87. The van der Waals surface area contributed by atoms with E-state index in [1.807, 2.05) is 0 Å². The van der Waals surface area contributed by atoms with Crippen molar-refractivity contribution >= 4 is 16.5 Å². The summed E-state index contributed by atoms with van der Waals surface area (Å²) in [7, 11) is 0. The van der Waals surface area contributed by atoms with Gasteiger partial charge in [-0.2, -0.15) is 0 Å². The number of hydrogen-bond acceptors (Lipinski definition) is 5. The molecule has 1 aliphatic rings. The Hall–Kier alpha value is -0.650. The number of hydrogen-bond donors (Lipinski definition) is 2. The lowest BCUT2D eigenvalue weighted by molar-refractivity contribution is 0.201. The highest BCUT2D eigenvalue weighted by Gasteiger charge is 2.16. The highest BCUT2D eigenvalue weighted by atomic mass is 32.1. The molecule has 0 fully saturated rings. The number of nitrogen functional groups attached to an aromatic ring is 1. The summed E-state index contributed by atoms with van der Waals surface area (Å²) in [5.74, 6) is 0. The van der Waals surface area contributed by atoms with Crippen LogP contribution in [0.3, 0.4) is 0 Å². The van der Waals surface area contributed by atoms with Crippen molar-refractivity contribution in [1.29, 1.82) is 0 Å². The second-order valence-electron chi connectivity index (χ2n) is 3.49. The summed E-state index contributed by atoms with van der Waals surface area (Å²) >= 11 is 1.60. The Bertz CT molecular complexity index is 288. The molecule has 1 aromatic rings. The molecule has 0 unspecified atom stereocenters. The van der Waals surface area contributed by atoms with E-state index >= 15 is 0 Å².